The quantitative estimate of drug-likeness (QED) is 0.448. The number of rotatable bonds is 8. The lowest BCUT2D eigenvalue weighted by Crippen LogP contribution is -2.49. The zero-order chi connectivity index (χ0) is 26.3. The molecule has 2 rings (SSSR count). The van der Waals surface area contributed by atoms with Crippen molar-refractivity contribution < 1.29 is 19.1 Å². The number of alkyl carbamates (subject to hydrolysis) is 1. The van der Waals surface area contributed by atoms with Gasteiger partial charge in [-0.1, -0.05) is 57.0 Å². The van der Waals surface area contributed by atoms with E-state index in [2.05, 4.69) is 36.7 Å². The molecule has 0 radical (unpaired) electrons. The Labute approximate surface area is 215 Å². The van der Waals surface area contributed by atoms with Gasteiger partial charge in [0.2, 0.25) is 11.8 Å². The van der Waals surface area contributed by atoms with E-state index in [1.54, 1.807) is 33.8 Å². The van der Waals surface area contributed by atoms with Crippen LogP contribution in [0.25, 0.3) is 0 Å². The van der Waals surface area contributed by atoms with Crippen molar-refractivity contribution in [2.24, 2.45) is 23.7 Å². The number of halogens is 1. The Balaban J connectivity index is 2.11. The summed E-state index contributed by atoms with van der Waals surface area (Å²) in [5.74, 6) is 0.853. The first-order valence-electron chi connectivity index (χ1n) is 12.6. The lowest BCUT2D eigenvalue weighted by Gasteiger charge is -2.36. The average molecular weight is 508 g/mol. The molecular formula is C27H42ClN3O4. The fourth-order valence-corrected chi connectivity index (χ4v) is 4.95. The van der Waals surface area contributed by atoms with Gasteiger partial charge >= 0.3 is 6.09 Å². The third kappa shape index (κ3) is 9.02. The SMILES string of the molecule is CC(C)[C@@H]1CC[C@@H](C)C[C@H]1C(=O)NC[C@@H](NC(=O)[C@H](C)NC(=O)OC(C)(C)C)c1ccccc1Cl. The first-order chi connectivity index (χ1) is 16.3. The number of carbonyl (C=O) groups excluding carboxylic acids is 3. The molecular weight excluding hydrogens is 466 g/mol. The molecule has 196 valence electrons. The second kappa shape index (κ2) is 12.6. The molecule has 0 spiro atoms. The Morgan fingerprint density at radius 3 is 2.34 bits per heavy atom. The fraction of sp³-hybridized carbons (Fsp3) is 0.667. The predicted octanol–water partition coefficient (Wildman–Crippen LogP) is 5.24. The van der Waals surface area contributed by atoms with Gasteiger partial charge in [-0.05, 0) is 69.9 Å². The van der Waals surface area contributed by atoms with Crippen LogP contribution in [0.5, 0.6) is 0 Å². The van der Waals surface area contributed by atoms with Crippen LogP contribution >= 0.6 is 11.6 Å². The Morgan fingerprint density at radius 1 is 1.09 bits per heavy atom. The van der Waals surface area contributed by atoms with Crippen molar-refractivity contribution in [2.75, 3.05) is 6.54 Å². The summed E-state index contributed by atoms with van der Waals surface area (Å²) in [7, 11) is 0. The fourth-order valence-electron chi connectivity index (χ4n) is 4.68. The van der Waals surface area contributed by atoms with Crippen molar-refractivity contribution in [2.45, 2.75) is 85.4 Å². The minimum atomic E-state index is -0.838. The van der Waals surface area contributed by atoms with E-state index in [1.165, 1.54) is 0 Å². The molecule has 0 aromatic heterocycles. The summed E-state index contributed by atoms with van der Waals surface area (Å²) in [6, 6.07) is 5.83. The molecule has 1 aliphatic rings. The topological polar surface area (TPSA) is 96.5 Å². The number of benzene rings is 1. The van der Waals surface area contributed by atoms with Crippen LogP contribution in [0.15, 0.2) is 24.3 Å². The lowest BCUT2D eigenvalue weighted by molar-refractivity contribution is -0.130. The van der Waals surface area contributed by atoms with Crippen molar-refractivity contribution in [3.05, 3.63) is 34.9 Å². The molecule has 1 aromatic rings. The molecule has 1 fully saturated rings. The standard InChI is InChI=1S/C27H42ClN3O4/c1-16(2)19-13-12-17(3)14-21(19)25(33)29-15-23(20-10-8-9-11-22(20)28)31-24(32)18(4)30-26(34)35-27(5,6)7/h8-11,16-19,21,23H,12-15H2,1-7H3,(H,29,33)(H,30,34)(H,31,32)/t17-,18+,19+,21-,23-/m1/s1. The number of nitrogens with one attached hydrogen (secondary N) is 3. The lowest BCUT2D eigenvalue weighted by atomic mass is 9.70. The molecule has 0 heterocycles. The maximum Gasteiger partial charge on any atom is 0.408 e. The minimum Gasteiger partial charge on any atom is -0.444 e. The highest BCUT2D eigenvalue weighted by Crippen LogP contribution is 2.38. The third-order valence-corrected chi connectivity index (χ3v) is 6.91. The highest BCUT2D eigenvalue weighted by molar-refractivity contribution is 6.31. The van der Waals surface area contributed by atoms with E-state index in [9.17, 15) is 14.4 Å². The Hall–Kier alpha value is -2.28. The molecule has 8 heteroatoms. The van der Waals surface area contributed by atoms with Crippen LogP contribution in [0.2, 0.25) is 5.02 Å². The summed E-state index contributed by atoms with van der Waals surface area (Å²) in [6.07, 6.45) is 2.39. The van der Waals surface area contributed by atoms with Crippen LogP contribution in [-0.4, -0.2) is 36.1 Å². The van der Waals surface area contributed by atoms with E-state index in [1.807, 2.05) is 18.2 Å². The van der Waals surface area contributed by atoms with Gasteiger partial charge in [0.1, 0.15) is 11.6 Å². The molecule has 1 saturated carbocycles. The molecule has 0 unspecified atom stereocenters. The van der Waals surface area contributed by atoms with Gasteiger partial charge in [0.05, 0.1) is 6.04 Å². The molecule has 35 heavy (non-hydrogen) atoms. The van der Waals surface area contributed by atoms with Gasteiger partial charge in [0.15, 0.2) is 0 Å². The van der Waals surface area contributed by atoms with Crippen LogP contribution in [0.4, 0.5) is 4.79 Å². The molecule has 7 nitrogen and oxygen atoms in total. The minimum absolute atomic E-state index is 0.0153. The van der Waals surface area contributed by atoms with Crippen LogP contribution in [-0.2, 0) is 14.3 Å². The highest BCUT2D eigenvalue weighted by Gasteiger charge is 2.35. The van der Waals surface area contributed by atoms with Crippen LogP contribution in [0, 0.1) is 23.7 Å². The van der Waals surface area contributed by atoms with E-state index in [-0.39, 0.29) is 18.4 Å². The Bertz CT molecular complexity index is 883. The number of hydrogen-bond donors (Lipinski definition) is 3. The largest absolute Gasteiger partial charge is 0.444 e. The molecule has 3 amide bonds. The summed E-state index contributed by atoms with van der Waals surface area (Å²) in [4.78, 5) is 38.3. The molecule has 5 atom stereocenters. The van der Waals surface area contributed by atoms with Gasteiger partial charge < -0.3 is 20.7 Å². The van der Waals surface area contributed by atoms with Crippen molar-refractivity contribution >= 4 is 29.5 Å². The maximum atomic E-state index is 13.2. The van der Waals surface area contributed by atoms with Gasteiger partial charge in [0, 0.05) is 17.5 Å². The molecule has 1 aliphatic carbocycles. The molecule has 1 aromatic carbocycles. The number of hydrogen-bond acceptors (Lipinski definition) is 4. The predicted molar refractivity (Wildman–Crippen MR) is 139 cm³/mol. The summed E-state index contributed by atoms with van der Waals surface area (Å²) in [5.41, 5.74) is 0.0273. The molecule has 0 bridgehead atoms. The van der Waals surface area contributed by atoms with Crippen molar-refractivity contribution in [3.8, 4) is 0 Å². The van der Waals surface area contributed by atoms with E-state index >= 15 is 0 Å². The van der Waals surface area contributed by atoms with Crippen LogP contribution < -0.4 is 16.0 Å². The Kier molecular flexibility index (Phi) is 10.4. The summed E-state index contributed by atoms with van der Waals surface area (Å²) in [5, 5.41) is 9.06. The highest BCUT2D eigenvalue weighted by atomic mass is 35.5. The zero-order valence-corrected chi connectivity index (χ0v) is 22.9. The van der Waals surface area contributed by atoms with Crippen molar-refractivity contribution in [1.82, 2.24) is 16.0 Å². The van der Waals surface area contributed by atoms with E-state index in [0.29, 0.717) is 28.3 Å². The summed E-state index contributed by atoms with van der Waals surface area (Å²) >= 11 is 6.43. The second-order valence-electron chi connectivity index (χ2n) is 11.1. The van der Waals surface area contributed by atoms with Gasteiger partial charge in [0.25, 0.3) is 0 Å². The second-order valence-corrected chi connectivity index (χ2v) is 11.5. The normalized spacial score (nSPS) is 22.1. The maximum absolute atomic E-state index is 13.2. The van der Waals surface area contributed by atoms with Gasteiger partial charge in [-0.2, -0.15) is 0 Å². The van der Waals surface area contributed by atoms with Gasteiger partial charge in [-0.3, -0.25) is 9.59 Å². The summed E-state index contributed by atoms with van der Waals surface area (Å²) in [6.45, 7) is 13.6. The Morgan fingerprint density at radius 2 is 1.74 bits per heavy atom. The van der Waals surface area contributed by atoms with E-state index < -0.39 is 29.7 Å². The molecule has 0 saturated heterocycles. The number of amides is 3. The first-order valence-corrected chi connectivity index (χ1v) is 13.0. The third-order valence-electron chi connectivity index (χ3n) is 6.56. The van der Waals surface area contributed by atoms with Crippen LogP contribution in [0.3, 0.4) is 0 Å². The number of carbonyl (C=O) groups is 3. The van der Waals surface area contributed by atoms with Crippen LogP contribution in [0.1, 0.15) is 79.3 Å². The van der Waals surface area contributed by atoms with Crippen molar-refractivity contribution in [1.29, 1.82) is 0 Å². The average Bonchev–Trinajstić information content (AvgIpc) is 2.75. The molecule has 0 aliphatic heterocycles. The van der Waals surface area contributed by atoms with Gasteiger partial charge in [-0.25, -0.2) is 4.79 Å². The summed E-state index contributed by atoms with van der Waals surface area (Å²) < 4.78 is 5.24. The van der Waals surface area contributed by atoms with E-state index in [4.69, 9.17) is 16.3 Å². The van der Waals surface area contributed by atoms with Crippen molar-refractivity contribution in [3.63, 3.8) is 0 Å². The number of ether oxygens (including phenoxy) is 1. The molecule has 3 N–H and O–H groups in total. The monoisotopic (exact) mass is 507 g/mol. The van der Waals surface area contributed by atoms with E-state index in [0.717, 1.165) is 19.3 Å². The van der Waals surface area contributed by atoms with Gasteiger partial charge in [-0.15, -0.1) is 0 Å². The first kappa shape index (κ1) is 29.0. The zero-order valence-electron chi connectivity index (χ0n) is 22.1. The smallest absolute Gasteiger partial charge is 0.408 e.